The van der Waals surface area contributed by atoms with Crippen molar-refractivity contribution < 1.29 is 9.53 Å². The van der Waals surface area contributed by atoms with Gasteiger partial charge in [-0.3, -0.25) is 4.79 Å². The van der Waals surface area contributed by atoms with E-state index in [0.29, 0.717) is 6.54 Å². The van der Waals surface area contributed by atoms with Crippen LogP contribution < -0.4 is 10.1 Å². The number of hydrogen-bond acceptors (Lipinski definition) is 3. The van der Waals surface area contributed by atoms with Gasteiger partial charge in [0.15, 0.2) is 0 Å². The summed E-state index contributed by atoms with van der Waals surface area (Å²) in [7, 11) is 1.67. The first-order valence-electron chi connectivity index (χ1n) is 5.91. The topological polar surface area (TPSA) is 38.3 Å². The number of carbonyl (C=O) groups is 1. The van der Waals surface area contributed by atoms with Gasteiger partial charge in [0, 0.05) is 22.0 Å². The molecule has 18 heavy (non-hydrogen) atoms. The van der Waals surface area contributed by atoms with Crippen LogP contribution in [0.25, 0.3) is 0 Å². The van der Waals surface area contributed by atoms with Gasteiger partial charge in [0.2, 0.25) is 0 Å². The van der Waals surface area contributed by atoms with Gasteiger partial charge in [-0.2, -0.15) is 0 Å². The molecule has 1 aromatic carbocycles. The fourth-order valence-electron chi connectivity index (χ4n) is 1.86. The van der Waals surface area contributed by atoms with Crippen LogP contribution in [0.1, 0.15) is 26.3 Å². The summed E-state index contributed by atoms with van der Waals surface area (Å²) in [4.78, 5) is 10.9. The van der Waals surface area contributed by atoms with Crippen LogP contribution in [-0.4, -0.2) is 26.0 Å². The van der Waals surface area contributed by atoms with E-state index in [-0.39, 0.29) is 11.2 Å². The third kappa shape index (κ3) is 4.10. The summed E-state index contributed by atoms with van der Waals surface area (Å²) in [5.74, 6) is 1.01. The van der Waals surface area contributed by atoms with Gasteiger partial charge in [-0.25, -0.2) is 0 Å². The van der Waals surface area contributed by atoms with Crippen LogP contribution in [0.4, 0.5) is 0 Å². The highest BCUT2D eigenvalue weighted by Crippen LogP contribution is 2.33. The highest BCUT2D eigenvalue weighted by atomic mass is 79.9. The third-order valence-corrected chi connectivity index (χ3v) is 3.32. The molecular formula is C14H20BrNO2. The molecule has 0 heterocycles. The van der Waals surface area contributed by atoms with Crippen LogP contribution in [0, 0.1) is 0 Å². The molecule has 1 aromatic rings. The minimum Gasteiger partial charge on any atom is -0.496 e. The lowest BCUT2D eigenvalue weighted by Gasteiger charge is -2.27. The molecular weight excluding hydrogens is 294 g/mol. The van der Waals surface area contributed by atoms with E-state index in [4.69, 9.17) is 4.74 Å². The van der Waals surface area contributed by atoms with Crippen LogP contribution in [0.2, 0.25) is 0 Å². The zero-order chi connectivity index (χ0) is 13.8. The first-order chi connectivity index (χ1) is 8.36. The van der Waals surface area contributed by atoms with E-state index >= 15 is 0 Å². The van der Waals surface area contributed by atoms with Gasteiger partial charge >= 0.3 is 0 Å². The first-order valence-corrected chi connectivity index (χ1v) is 6.70. The Labute approximate surface area is 117 Å². The Bertz CT molecular complexity index is 430. The molecule has 0 aliphatic carbocycles. The second-order valence-electron chi connectivity index (χ2n) is 5.03. The lowest BCUT2D eigenvalue weighted by molar-refractivity contribution is -0.116. The van der Waals surface area contributed by atoms with Crippen molar-refractivity contribution >= 4 is 21.7 Å². The Morgan fingerprint density at radius 1 is 1.44 bits per heavy atom. The summed E-state index contributed by atoms with van der Waals surface area (Å²) in [6.07, 6.45) is 0. The van der Waals surface area contributed by atoms with E-state index in [2.05, 4.69) is 41.2 Å². The zero-order valence-corrected chi connectivity index (χ0v) is 12.9. The summed E-state index contributed by atoms with van der Waals surface area (Å²) >= 11 is 3.48. The number of nitrogens with one attached hydrogen (secondary N) is 1. The molecule has 0 bridgehead atoms. The second-order valence-corrected chi connectivity index (χ2v) is 5.95. The molecule has 0 atom stereocenters. The molecule has 0 fully saturated rings. The molecule has 0 aliphatic heterocycles. The standard InChI is InChI=1S/C14H20BrNO2/c1-10(17)8-16-9-14(2,3)12-7-11(15)5-6-13(12)18-4/h5-7,16H,8-9H2,1-4H3. The smallest absolute Gasteiger partial charge is 0.143 e. The largest absolute Gasteiger partial charge is 0.496 e. The Morgan fingerprint density at radius 3 is 2.67 bits per heavy atom. The van der Waals surface area contributed by atoms with Crippen LogP contribution in [0.5, 0.6) is 5.75 Å². The number of hydrogen-bond donors (Lipinski definition) is 1. The maximum absolute atomic E-state index is 10.9. The number of carbonyl (C=O) groups excluding carboxylic acids is 1. The fourth-order valence-corrected chi connectivity index (χ4v) is 2.22. The normalized spacial score (nSPS) is 11.4. The SMILES string of the molecule is COc1ccc(Br)cc1C(C)(C)CNCC(C)=O. The second kappa shape index (κ2) is 6.34. The molecule has 4 heteroatoms. The minimum absolute atomic E-state index is 0.107. The van der Waals surface area contributed by atoms with Crippen LogP contribution >= 0.6 is 15.9 Å². The van der Waals surface area contributed by atoms with Crippen molar-refractivity contribution in [3.8, 4) is 5.75 Å². The van der Waals surface area contributed by atoms with Gasteiger partial charge in [0.05, 0.1) is 13.7 Å². The highest BCUT2D eigenvalue weighted by Gasteiger charge is 2.24. The van der Waals surface area contributed by atoms with Crippen molar-refractivity contribution in [3.63, 3.8) is 0 Å². The summed E-state index contributed by atoms with van der Waals surface area (Å²) < 4.78 is 6.42. The Hall–Kier alpha value is -0.870. The van der Waals surface area contributed by atoms with Crippen molar-refractivity contribution in [2.45, 2.75) is 26.2 Å². The molecule has 0 aromatic heterocycles. The quantitative estimate of drug-likeness (QED) is 0.877. The Morgan fingerprint density at radius 2 is 2.11 bits per heavy atom. The average Bonchev–Trinajstić information content (AvgIpc) is 2.28. The van der Waals surface area contributed by atoms with E-state index in [1.807, 2.05) is 12.1 Å². The summed E-state index contributed by atoms with van der Waals surface area (Å²) in [5.41, 5.74) is 1.01. The van der Waals surface area contributed by atoms with E-state index < -0.39 is 0 Å². The lowest BCUT2D eigenvalue weighted by Crippen LogP contribution is -2.35. The summed E-state index contributed by atoms with van der Waals surface area (Å²) in [5, 5.41) is 3.17. The number of benzene rings is 1. The van der Waals surface area contributed by atoms with Crippen LogP contribution in [0.3, 0.4) is 0 Å². The fraction of sp³-hybridized carbons (Fsp3) is 0.500. The molecule has 1 rings (SSSR count). The highest BCUT2D eigenvalue weighted by molar-refractivity contribution is 9.10. The number of rotatable bonds is 6. The molecule has 0 radical (unpaired) electrons. The summed E-state index contributed by atoms with van der Waals surface area (Å²) in [6.45, 7) is 6.97. The minimum atomic E-state index is -0.107. The molecule has 0 unspecified atom stereocenters. The lowest BCUT2D eigenvalue weighted by atomic mass is 9.84. The van der Waals surface area contributed by atoms with E-state index in [9.17, 15) is 4.79 Å². The zero-order valence-electron chi connectivity index (χ0n) is 11.3. The average molecular weight is 314 g/mol. The van der Waals surface area contributed by atoms with Crippen molar-refractivity contribution in [2.24, 2.45) is 0 Å². The van der Waals surface area contributed by atoms with Crippen LogP contribution in [0.15, 0.2) is 22.7 Å². The van der Waals surface area contributed by atoms with E-state index in [1.54, 1.807) is 14.0 Å². The van der Waals surface area contributed by atoms with Crippen LogP contribution in [-0.2, 0) is 10.2 Å². The van der Waals surface area contributed by atoms with Gasteiger partial charge in [0.25, 0.3) is 0 Å². The van der Waals surface area contributed by atoms with Gasteiger partial charge in [-0.15, -0.1) is 0 Å². The van der Waals surface area contributed by atoms with E-state index in [1.165, 1.54) is 0 Å². The number of ketones is 1. The van der Waals surface area contributed by atoms with Crippen molar-refractivity contribution in [3.05, 3.63) is 28.2 Å². The molecule has 0 saturated heterocycles. The number of Topliss-reactive ketones (excluding diaryl/α,β-unsaturated/α-hetero) is 1. The third-order valence-electron chi connectivity index (χ3n) is 2.83. The van der Waals surface area contributed by atoms with Crippen molar-refractivity contribution in [1.82, 2.24) is 5.32 Å². The molecule has 100 valence electrons. The Balaban J connectivity index is 2.88. The number of halogens is 1. The maximum Gasteiger partial charge on any atom is 0.143 e. The molecule has 0 amide bonds. The van der Waals surface area contributed by atoms with Crippen molar-refractivity contribution in [2.75, 3.05) is 20.2 Å². The molecule has 1 N–H and O–H groups in total. The summed E-state index contributed by atoms with van der Waals surface area (Å²) in [6, 6.07) is 5.97. The van der Waals surface area contributed by atoms with Gasteiger partial charge in [-0.05, 0) is 25.1 Å². The molecule has 0 aliphatic rings. The van der Waals surface area contributed by atoms with Gasteiger partial charge < -0.3 is 10.1 Å². The van der Waals surface area contributed by atoms with E-state index in [0.717, 1.165) is 22.3 Å². The number of ether oxygens (including phenoxy) is 1. The number of methoxy groups -OCH3 is 1. The predicted octanol–water partition coefficient (Wildman–Crippen LogP) is 2.91. The predicted molar refractivity (Wildman–Crippen MR) is 77.3 cm³/mol. The van der Waals surface area contributed by atoms with Crippen molar-refractivity contribution in [1.29, 1.82) is 0 Å². The first kappa shape index (κ1) is 15.2. The molecule has 0 spiro atoms. The van der Waals surface area contributed by atoms with Gasteiger partial charge in [-0.1, -0.05) is 29.8 Å². The Kier molecular flexibility index (Phi) is 5.35. The monoisotopic (exact) mass is 313 g/mol. The maximum atomic E-state index is 10.9. The molecule has 0 saturated carbocycles. The van der Waals surface area contributed by atoms with Gasteiger partial charge in [0.1, 0.15) is 11.5 Å². The molecule has 3 nitrogen and oxygen atoms in total.